The topological polar surface area (TPSA) is 43.0 Å². The van der Waals surface area contributed by atoms with E-state index in [9.17, 15) is 0 Å². The van der Waals surface area contributed by atoms with Gasteiger partial charge in [0.1, 0.15) is 11.5 Å². The summed E-state index contributed by atoms with van der Waals surface area (Å²) in [7, 11) is 0. The number of rotatable bonds is 9. The average molecular weight is 455 g/mol. The van der Waals surface area contributed by atoms with Gasteiger partial charge in [0.25, 0.3) is 0 Å². The van der Waals surface area contributed by atoms with Crippen LogP contribution in [0.4, 0.5) is 0 Å². The minimum absolute atomic E-state index is 0.767. The minimum atomic E-state index is 0.767. The molecule has 2 aliphatic rings. The molecule has 5 nitrogen and oxygen atoms in total. The van der Waals surface area contributed by atoms with Crippen LogP contribution in [-0.2, 0) is 4.74 Å². The number of nitrogens with zero attached hydrogens (tertiary/aromatic N) is 1. The predicted octanol–water partition coefficient (Wildman–Crippen LogP) is 5.39. The van der Waals surface area contributed by atoms with Crippen molar-refractivity contribution in [2.24, 2.45) is 0 Å². The molecule has 4 rings (SSSR count). The van der Waals surface area contributed by atoms with Gasteiger partial charge >= 0.3 is 0 Å². The normalized spacial score (nSPS) is 16.9. The summed E-state index contributed by atoms with van der Waals surface area (Å²) in [6.07, 6.45) is 7.63. The third-order valence-corrected chi connectivity index (χ3v) is 5.95. The van der Waals surface area contributed by atoms with Crippen LogP contribution in [0.3, 0.4) is 0 Å². The van der Waals surface area contributed by atoms with Crippen molar-refractivity contribution in [2.75, 3.05) is 59.2 Å². The first-order chi connectivity index (χ1) is 16.3. The van der Waals surface area contributed by atoms with Crippen molar-refractivity contribution in [1.82, 2.24) is 10.2 Å². The van der Waals surface area contributed by atoms with Crippen LogP contribution < -0.4 is 14.8 Å². The molecule has 2 heterocycles. The molecule has 0 aromatic heterocycles. The molecule has 2 saturated heterocycles. The highest BCUT2D eigenvalue weighted by Gasteiger charge is 2.08. The Labute approximate surface area is 200 Å². The molecule has 2 aromatic rings. The molecular weight excluding hydrogens is 412 g/mol. The lowest BCUT2D eigenvalue weighted by Crippen LogP contribution is -2.30. The lowest BCUT2D eigenvalue weighted by atomic mass is 10.1. The van der Waals surface area contributed by atoms with Gasteiger partial charge in [0.05, 0.1) is 26.4 Å². The van der Waals surface area contributed by atoms with Gasteiger partial charge in [-0.25, -0.2) is 0 Å². The predicted molar refractivity (Wildman–Crippen MR) is 136 cm³/mol. The van der Waals surface area contributed by atoms with Gasteiger partial charge in [-0.05, 0) is 74.2 Å². The lowest BCUT2D eigenvalue weighted by molar-refractivity contribution is 0.109. The molecule has 0 saturated carbocycles. The van der Waals surface area contributed by atoms with Gasteiger partial charge in [-0.1, -0.05) is 44.0 Å². The van der Waals surface area contributed by atoms with E-state index in [1.807, 2.05) is 12.1 Å². The van der Waals surface area contributed by atoms with Crippen LogP contribution in [-0.4, -0.2) is 64.1 Å². The fourth-order valence-corrected chi connectivity index (χ4v) is 4.06. The summed E-state index contributed by atoms with van der Waals surface area (Å²) in [6, 6.07) is 16.7. The molecule has 2 aromatic carbocycles. The molecule has 33 heavy (non-hydrogen) atoms. The molecule has 2 aliphatic heterocycles. The maximum absolute atomic E-state index is 5.94. The van der Waals surface area contributed by atoms with E-state index in [1.54, 1.807) is 0 Å². The first-order valence-electron chi connectivity index (χ1n) is 12.8. The van der Waals surface area contributed by atoms with E-state index in [0.29, 0.717) is 0 Å². The standard InChI is InChI=1S/C24H33NO2.C4H9NO/c1-2-19-26-23-12-8-21(9-13-23)22-10-14-24(15-11-22)27-20-7-18-25-16-5-3-4-6-17-25;1-3-6-4-2-5-1/h8-15H,2-7,16-20H2,1H3;5H,1-4H2. The maximum Gasteiger partial charge on any atom is 0.119 e. The Balaban J connectivity index is 0.000000442. The van der Waals surface area contributed by atoms with Gasteiger partial charge in [-0.3, -0.25) is 0 Å². The van der Waals surface area contributed by atoms with E-state index in [0.717, 1.165) is 70.4 Å². The summed E-state index contributed by atoms with van der Waals surface area (Å²) in [6.45, 7) is 11.2. The molecule has 0 atom stereocenters. The van der Waals surface area contributed by atoms with Crippen LogP contribution in [0.25, 0.3) is 11.1 Å². The zero-order valence-electron chi connectivity index (χ0n) is 20.4. The zero-order chi connectivity index (χ0) is 23.0. The summed E-state index contributed by atoms with van der Waals surface area (Å²) >= 11 is 0. The largest absolute Gasteiger partial charge is 0.494 e. The maximum atomic E-state index is 5.94. The molecule has 0 unspecified atom stereocenters. The summed E-state index contributed by atoms with van der Waals surface area (Å²) < 4.78 is 16.6. The number of likely N-dealkylation sites (tertiary alicyclic amines) is 1. The Hall–Kier alpha value is -2.08. The average Bonchev–Trinajstić information content (AvgIpc) is 3.16. The van der Waals surface area contributed by atoms with Crippen molar-refractivity contribution in [1.29, 1.82) is 0 Å². The molecule has 0 spiro atoms. The Morgan fingerprint density at radius 2 is 1.30 bits per heavy atom. The first-order valence-corrected chi connectivity index (χ1v) is 12.8. The second-order valence-corrected chi connectivity index (χ2v) is 8.72. The van der Waals surface area contributed by atoms with Gasteiger partial charge in [0.2, 0.25) is 0 Å². The number of benzene rings is 2. The van der Waals surface area contributed by atoms with Crippen LogP contribution >= 0.6 is 0 Å². The summed E-state index contributed by atoms with van der Waals surface area (Å²) in [5.41, 5.74) is 2.40. The molecular formula is C28H42N2O3. The minimum Gasteiger partial charge on any atom is -0.494 e. The summed E-state index contributed by atoms with van der Waals surface area (Å²) in [4.78, 5) is 2.59. The second-order valence-electron chi connectivity index (χ2n) is 8.72. The molecule has 0 aliphatic carbocycles. The lowest BCUT2D eigenvalue weighted by Gasteiger charge is -2.19. The van der Waals surface area contributed by atoms with Gasteiger partial charge in [0, 0.05) is 19.6 Å². The van der Waals surface area contributed by atoms with E-state index in [1.165, 1.54) is 49.9 Å². The SMILES string of the molecule is C1COCCN1.CCCOc1ccc(-c2ccc(OCCCN3CCCCCC3)cc2)cc1. The van der Waals surface area contributed by atoms with Crippen molar-refractivity contribution < 1.29 is 14.2 Å². The monoisotopic (exact) mass is 454 g/mol. The number of hydrogen-bond acceptors (Lipinski definition) is 5. The fourth-order valence-electron chi connectivity index (χ4n) is 4.06. The van der Waals surface area contributed by atoms with E-state index >= 15 is 0 Å². The Morgan fingerprint density at radius 3 is 1.76 bits per heavy atom. The van der Waals surface area contributed by atoms with Crippen LogP contribution in [0.2, 0.25) is 0 Å². The molecule has 5 heteroatoms. The third kappa shape index (κ3) is 10.2. The third-order valence-electron chi connectivity index (χ3n) is 5.95. The van der Waals surface area contributed by atoms with Gasteiger partial charge in [-0.15, -0.1) is 0 Å². The van der Waals surface area contributed by atoms with Gasteiger partial charge in [-0.2, -0.15) is 0 Å². The van der Waals surface area contributed by atoms with Crippen molar-refractivity contribution in [3.63, 3.8) is 0 Å². The van der Waals surface area contributed by atoms with E-state index in [-0.39, 0.29) is 0 Å². The smallest absolute Gasteiger partial charge is 0.119 e. The fraction of sp³-hybridized carbons (Fsp3) is 0.571. The number of hydrogen-bond donors (Lipinski definition) is 1. The number of morpholine rings is 1. The molecule has 1 N–H and O–H groups in total. The van der Waals surface area contributed by atoms with Gasteiger partial charge < -0.3 is 24.4 Å². The van der Waals surface area contributed by atoms with Crippen LogP contribution in [0.1, 0.15) is 45.4 Å². The van der Waals surface area contributed by atoms with E-state index in [4.69, 9.17) is 14.2 Å². The van der Waals surface area contributed by atoms with Crippen LogP contribution in [0.15, 0.2) is 48.5 Å². The zero-order valence-corrected chi connectivity index (χ0v) is 20.4. The van der Waals surface area contributed by atoms with Crippen molar-refractivity contribution in [3.05, 3.63) is 48.5 Å². The van der Waals surface area contributed by atoms with Gasteiger partial charge in [0.15, 0.2) is 0 Å². The Bertz CT molecular complexity index is 725. The Kier molecular flexibility index (Phi) is 12.2. The highest BCUT2D eigenvalue weighted by atomic mass is 16.5. The molecule has 0 amide bonds. The first kappa shape index (κ1) is 25.5. The molecule has 0 radical (unpaired) electrons. The van der Waals surface area contributed by atoms with Crippen molar-refractivity contribution in [2.45, 2.75) is 45.4 Å². The number of nitrogens with one attached hydrogen (secondary N) is 1. The molecule has 182 valence electrons. The highest BCUT2D eigenvalue weighted by molar-refractivity contribution is 5.64. The van der Waals surface area contributed by atoms with E-state index in [2.05, 4.69) is 53.5 Å². The second kappa shape index (κ2) is 15.7. The van der Waals surface area contributed by atoms with Crippen LogP contribution in [0, 0.1) is 0 Å². The highest BCUT2D eigenvalue weighted by Crippen LogP contribution is 2.25. The quantitative estimate of drug-likeness (QED) is 0.514. The van der Waals surface area contributed by atoms with Crippen molar-refractivity contribution in [3.8, 4) is 22.6 Å². The van der Waals surface area contributed by atoms with Crippen molar-refractivity contribution >= 4 is 0 Å². The molecule has 0 bridgehead atoms. The van der Waals surface area contributed by atoms with Crippen LogP contribution in [0.5, 0.6) is 11.5 Å². The number of ether oxygens (including phenoxy) is 3. The summed E-state index contributed by atoms with van der Waals surface area (Å²) in [5, 5.41) is 3.16. The van der Waals surface area contributed by atoms with E-state index < -0.39 is 0 Å². The molecule has 2 fully saturated rings. The summed E-state index contributed by atoms with van der Waals surface area (Å²) in [5.74, 6) is 1.89. The Morgan fingerprint density at radius 1 is 0.758 bits per heavy atom.